The molecule has 0 spiro atoms. The standard InChI is InChI=1S/C27H28BrN3O6S/c1-4-15-37-27-24(28)16-20(17-25(27)35-3)18-29-30-26(32)19-31(21-11-13-22(14-12-21)36-5-2)38(33,34)23-9-7-6-8-10-23/h4,6-14,16-18H,1,5,15,19H2,2-3H3,(H,30,32)/b29-18-. The van der Waals surface area contributed by atoms with Crippen molar-refractivity contribution in [1.82, 2.24) is 5.43 Å². The Morgan fingerprint density at radius 3 is 2.45 bits per heavy atom. The summed E-state index contributed by atoms with van der Waals surface area (Å²) >= 11 is 3.44. The number of rotatable bonds is 13. The lowest BCUT2D eigenvalue weighted by atomic mass is 10.2. The summed E-state index contributed by atoms with van der Waals surface area (Å²) in [6.07, 6.45) is 3.03. The summed E-state index contributed by atoms with van der Waals surface area (Å²) in [5, 5.41) is 3.99. The number of carbonyl (C=O) groups is 1. The van der Waals surface area contributed by atoms with E-state index in [1.807, 2.05) is 6.92 Å². The third-order valence-corrected chi connectivity index (χ3v) is 7.43. The van der Waals surface area contributed by atoms with Gasteiger partial charge < -0.3 is 14.2 Å². The first-order valence-electron chi connectivity index (χ1n) is 11.5. The molecule has 0 heterocycles. The first-order chi connectivity index (χ1) is 18.3. The number of carbonyl (C=O) groups excluding carboxylic acids is 1. The number of nitrogens with zero attached hydrogens (tertiary/aromatic N) is 2. The number of benzene rings is 3. The van der Waals surface area contributed by atoms with Crippen molar-refractivity contribution in [3.05, 3.63) is 89.4 Å². The first kappa shape index (κ1) is 28.7. The molecule has 0 aliphatic carbocycles. The van der Waals surface area contributed by atoms with Crippen molar-refractivity contribution in [2.75, 3.05) is 31.2 Å². The van der Waals surface area contributed by atoms with Crippen molar-refractivity contribution in [3.8, 4) is 17.2 Å². The van der Waals surface area contributed by atoms with Crippen LogP contribution in [0.2, 0.25) is 0 Å². The molecular weight excluding hydrogens is 574 g/mol. The number of amides is 1. The van der Waals surface area contributed by atoms with Gasteiger partial charge in [0.25, 0.3) is 15.9 Å². The van der Waals surface area contributed by atoms with E-state index in [1.165, 1.54) is 25.5 Å². The zero-order valence-corrected chi connectivity index (χ0v) is 23.4. The van der Waals surface area contributed by atoms with Gasteiger partial charge in [0.05, 0.1) is 35.0 Å². The van der Waals surface area contributed by atoms with Gasteiger partial charge in [0.15, 0.2) is 11.5 Å². The van der Waals surface area contributed by atoms with Crippen molar-refractivity contribution < 1.29 is 27.4 Å². The van der Waals surface area contributed by atoms with Gasteiger partial charge in [0, 0.05) is 0 Å². The zero-order valence-electron chi connectivity index (χ0n) is 21.0. The molecule has 9 nitrogen and oxygen atoms in total. The summed E-state index contributed by atoms with van der Waals surface area (Å²) in [4.78, 5) is 12.9. The number of anilines is 1. The quantitative estimate of drug-likeness (QED) is 0.172. The summed E-state index contributed by atoms with van der Waals surface area (Å²) in [7, 11) is -2.53. The summed E-state index contributed by atoms with van der Waals surface area (Å²) in [6, 6.07) is 17.8. The molecule has 0 aliphatic rings. The van der Waals surface area contributed by atoms with E-state index in [0.717, 1.165) is 4.31 Å². The van der Waals surface area contributed by atoms with Crippen molar-refractivity contribution in [3.63, 3.8) is 0 Å². The Morgan fingerprint density at radius 2 is 1.82 bits per heavy atom. The fourth-order valence-electron chi connectivity index (χ4n) is 3.35. The van der Waals surface area contributed by atoms with E-state index in [1.54, 1.807) is 60.7 Å². The molecule has 0 bridgehead atoms. The molecule has 3 rings (SSSR count). The second-order valence-corrected chi connectivity index (χ2v) is 10.4. The van der Waals surface area contributed by atoms with Crippen molar-refractivity contribution in [2.45, 2.75) is 11.8 Å². The van der Waals surface area contributed by atoms with E-state index in [4.69, 9.17) is 14.2 Å². The van der Waals surface area contributed by atoms with Crippen LogP contribution in [0, 0.1) is 0 Å². The van der Waals surface area contributed by atoms with Gasteiger partial charge in [-0.15, -0.1) is 0 Å². The SMILES string of the molecule is C=CCOc1c(Br)cc(/C=N\NC(=O)CN(c2ccc(OCC)cc2)S(=O)(=O)c2ccccc2)cc1OC. The predicted molar refractivity (Wildman–Crippen MR) is 151 cm³/mol. The molecule has 0 radical (unpaired) electrons. The molecule has 1 N–H and O–H groups in total. The highest BCUT2D eigenvalue weighted by Crippen LogP contribution is 2.36. The van der Waals surface area contributed by atoms with Crippen LogP contribution in [0.5, 0.6) is 17.2 Å². The lowest BCUT2D eigenvalue weighted by Gasteiger charge is -2.24. The Kier molecular flexibility index (Phi) is 10.3. The molecule has 11 heteroatoms. The summed E-state index contributed by atoms with van der Waals surface area (Å²) < 4.78 is 44.9. The minimum Gasteiger partial charge on any atom is -0.494 e. The average Bonchev–Trinajstić information content (AvgIpc) is 2.92. The number of sulfonamides is 1. The van der Waals surface area contributed by atoms with Crippen LogP contribution in [0.1, 0.15) is 12.5 Å². The van der Waals surface area contributed by atoms with Crippen LogP contribution in [0.4, 0.5) is 5.69 Å². The molecule has 1 amide bonds. The minimum absolute atomic E-state index is 0.0564. The molecule has 0 aromatic heterocycles. The highest BCUT2D eigenvalue weighted by Gasteiger charge is 2.27. The van der Waals surface area contributed by atoms with Crippen LogP contribution >= 0.6 is 15.9 Å². The summed E-state index contributed by atoms with van der Waals surface area (Å²) in [5.74, 6) is 0.923. The number of ether oxygens (including phenoxy) is 3. The largest absolute Gasteiger partial charge is 0.494 e. The third-order valence-electron chi connectivity index (χ3n) is 5.05. The number of methoxy groups -OCH3 is 1. The number of nitrogens with one attached hydrogen (secondary N) is 1. The van der Waals surface area contributed by atoms with E-state index in [9.17, 15) is 13.2 Å². The smallest absolute Gasteiger partial charge is 0.264 e. The third kappa shape index (κ3) is 7.36. The molecule has 0 aliphatic heterocycles. The van der Waals surface area contributed by atoms with Crippen molar-refractivity contribution in [2.24, 2.45) is 5.10 Å². The van der Waals surface area contributed by atoms with Crippen LogP contribution < -0.4 is 23.9 Å². The Bertz CT molecular complexity index is 1380. The summed E-state index contributed by atoms with van der Waals surface area (Å²) in [6.45, 7) is 5.76. The van der Waals surface area contributed by atoms with Gasteiger partial charge >= 0.3 is 0 Å². The van der Waals surface area contributed by atoms with Gasteiger partial charge in [-0.25, -0.2) is 13.8 Å². The van der Waals surface area contributed by atoms with Gasteiger partial charge in [-0.1, -0.05) is 30.9 Å². The lowest BCUT2D eigenvalue weighted by molar-refractivity contribution is -0.119. The van der Waals surface area contributed by atoms with Crippen LogP contribution in [0.25, 0.3) is 0 Å². The number of hydrogen-bond acceptors (Lipinski definition) is 7. The van der Waals surface area contributed by atoms with Gasteiger partial charge in [0.2, 0.25) is 0 Å². The molecule has 0 saturated carbocycles. The number of halogens is 1. The molecule has 38 heavy (non-hydrogen) atoms. The molecule has 0 unspecified atom stereocenters. The summed E-state index contributed by atoms with van der Waals surface area (Å²) in [5.41, 5.74) is 3.31. The van der Waals surface area contributed by atoms with Crippen LogP contribution in [0.3, 0.4) is 0 Å². The maximum absolute atomic E-state index is 13.4. The van der Waals surface area contributed by atoms with Gasteiger partial charge in [-0.3, -0.25) is 9.10 Å². The first-order valence-corrected chi connectivity index (χ1v) is 13.8. The molecule has 0 fully saturated rings. The molecular formula is C27H28BrN3O6S. The normalized spacial score (nSPS) is 11.1. The molecule has 3 aromatic rings. The maximum Gasteiger partial charge on any atom is 0.264 e. The minimum atomic E-state index is -4.04. The van der Waals surface area contributed by atoms with Crippen LogP contribution in [-0.2, 0) is 14.8 Å². The molecule has 200 valence electrons. The fourth-order valence-corrected chi connectivity index (χ4v) is 5.37. The highest BCUT2D eigenvalue weighted by molar-refractivity contribution is 9.10. The van der Waals surface area contributed by atoms with Gasteiger partial charge in [0.1, 0.15) is 18.9 Å². The molecule has 3 aromatic carbocycles. The second-order valence-electron chi connectivity index (χ2n) is 7.68. The van der Waals surface area contributed by atoms with E-state index in [-0.39, 0.29) is 4.90 Å². The van der Waals surface area contributed by atoms with E-state index >= 15 is 0 Å². The Morgan fingerprint density at radius 1 is 1.11 bits per heavy atom. The van der Waals surface area contributed by atoms with E-state index in [2.05, 4.69) is 33.0 Å². The average molecular weight is 603 g/mol. The van der Waals surface area contributed by atoms with Gasteiger partial charge in [-0.05, 0) is 76.9 Å². The molecule has 0 saturated heterocycles. The van der Waals surface area contributed by atoms with E-state index in [0.29, 0.717) is 46.2 Å². The zero-order chi connectivity index (χ0) is 27.5. The Labute approximate surface area is 230 Å². The highest BCUT2D eigenvalue weighted by atomic mass is 79.9. The number of hydrazone groups is 1. The fraction of sp³-hybridized carbons (Fsp3) is 0.185. The van der Waals surface area contributed by atoms with E-state index < -0.39 is 22.5 Å². The number of hydrogen-bond donors (Lipinski definition) is 1. The second kappa shape index (κ2) is 13.6. The lowest BCUT2D eigenvalue weighted by Crippen LogP contribution is -2.39. The predicted octanol–water partition coefficient (Wildman–Crippen LogP) is 4.77. The topological polar surface area (TPSA) is 107 Å². The van der Waals surface area contributed by atoms with Crippen molar-refractivity contribution >= 4 is 43.8 Å². The van der Waals surface area contributed by atoms with Crippen molar-refractivity contribution in [1.29, 1.82) is 0 Å². The maximum atomic E-state index is 13.4. The monoisotopic (exact) mass is 601 g/mol. The van der Waals surface area contributed by atoms with Crippen LogP contribution in [0.15, 0.2) is 93.9 Å². The molecule has 0 atom stereocenters. The van der Waals surface area contributed by atoms with Crippen LogP contribution in [-0.4, -0.2) is 47.4 Å². The van der Waals surface area contributed by atoms with Gasteiger partial charge in [-0.2, -0.15) is 5.10 Å². The Balaban J connectivity index is 1.80. The Hall–Kier alpha value is -3.83.